The van der Waals surface area contributed by atoms with Crippen molar-refractivity contribution in [2.75, 3.05) is 0 Å². The van der Waals surface area contributed by atoms with Gasteiger partial charge in [0.05, 0.1) is 0 Å². The van der Waals surface area contributed by atoms with Gasteiger partial charge in [0.25, 0.3) is 0 Å². The molecule has 0 aromatic carbocycles. The molecule has 1 aromatic heterocycles. The topological polar surface area (TPSA) is 26.0 Å². The van der Waals surface area contributed by atoms with E-state index in [1.54, 1.807) is 0 Å². The van der Waals surface area contributed by atoms with E-state index in [0.717, 1.165) is 12.3 Å². The van der Waals surface area contributed by atoms with Gasteiger partial charge in [0.2, 0.25) is 0 Å². The second-order valence-electron chi connectivity index (χ2n) is 4.46. The molecule has 1 atom stereocenters. The number of hydrogen-bond donors (Lipinski definition) is 1. The standard InChI is InChI=1S/C12H18BrNS/c13-10-6-7-15-12(10)8-11(14)9-4-2-1-3-5-9/h6-7,9,11H,1-5,8,14H2. The van der Waals surface area contributed by atoms with Crippen molar-refractivity contribution in [1.82, 2.24) is 0 Å². The highest BCUT2D eigenvalue weighted by Gasteiger charge is 2.21. The van der Waals surface area contributed by atoms with Crippen molar-refractivity contribution in [3.05, 3.63) is 20.8 Å². The molecule has 0 saturated heterocycles. The minimum absolute atomic E-state index is 0.361. The Balaban J connectivity index is 1.91. The van der Waals surface area contributed by atoms with E-state index in [2.05, 4.69) is 27.4 Å². The van der Waals surface area contributed by atoms with Gasteiger partial charge in [-0.05, 0) is 52.6 Å². The van der Waals surface area contributed by atoms with E-state index in [1.165, 1.54) is 41.5 Å². The first-order valence-corrected chi connectivity index (χ1v) is 7.42. The monoisotopic (exact) mass is 287 g/mol. The third-order valence-corrected chi connectivity index (χ3v) is 5.32. The molecule has 1 saturated carbocycles. The highest BCUT2D eigenvalue weighted by atomic mass is 79.9. The number of thiophene rings is 1. The van der Waals surface area contributed by atoms with Crippen LogP contribution in [-0.2, 0) is 6.42 Å². The van der Waals surface area contributed by atoms with Crippen LogP contribution in [0.5, 0.6) is 0 Å². The van der Waals surface area contributed by atoms with Crippen LogP contribution in [0.1, 0.15) is 37.0 Å². The van der Waals surface area contributed by atoms with Gasteiger partial charge in [-0.1, -0.05) is 19.3 Å². The second kappa shape index (κ2) is 5.46. The summed E-state index contributed by atoms with van der Waals surface area (Å²) in [6.07, 6.45) is 7.89. The molecule has 0 spiro atoms. The van der Waals surface area contributed by atoms with Gasteiger partial charge < -0.3 is 5.73 Å². The molecule has 1 unspecified atom stereocenters. The first-order valence-electron chi connectivity index (χ1n) is 5.75. The van der Waals surface area contributed by atoms with Crippen LogP contribution in [0.25, 0.3) is 0 Å². The van der Waals surface area contributed by atoms with Crippen LogP contribution < -0.4 is 5.73 Å². The van der Waals surface area contributed by atoms with Crippen molar-refractivity contribution in [3.63, 3.8) is 0 Å². The van der Waals surface area contributed by atoms with Gasteiger partial charge in [0.15, 0.2) is 0 Å². The Kier molecular flexibility index (Phi) is 4.23. The zero-order valence-electron chi connectivity index (χ0n) is 8.92. The summed E-state index contributed by atoms with van der Waals surface area (Å²) in [6, 6.07) is 2.48. The number of halogens is 1. The Morgan fingerprint density at radius 1 is 1.40 bits per heavy atom. The number of nitrogens with two attached hydrogens (primary N) is 1. The van der Waals surface area contributed by atoms with Gasteiger partial charge >= 0.3 is 0 Å². The molecule has 1 aliphatic carbocycles. The van der Waals surface area contributed by atoms with Gasteiger partial charge in [-0.2, -0.15) is 0 Å². The maximum absolute atomic E-state index is 6.29. The summed E-state index contributed by atoms with van der Waals surface area (Å²) < 4.78 is 1.23. The molecule has 2 N–H and O–H groups in total. The van der Waals surface area contributed by atoms with Crippen molar-refractivity contribution in [2.24, 2.45) is 11.7 Å². The third kappa shape index (κ3) is 3.05. The van der Waals surface area contributed by atoms with E-state index < -0.39 is 0 Å². The molecule has 0 radical (unpaired) electrons. The summed E-state index contributed by atoms with van der Waals surface area (Å²) in [6.45, 7) is 0. The smallest absolute Gasteiger partial charge is 0.0314 e. The predicted octanol–water partition coefficient (Wildman–Crippen LogP) is 3.96. The number of rotatable bonds is 3. The van der Waals surface area contributed by atoms with Crippen molar-refractivity contribution >= 4 is 27.3 Å². The lowest BCUT2D eigenvalue weighted by Gasteiger charge is -2.27. The Hall–Kier alpha value is 0.140. The van der Waals surface area contributed by atoms with Crippen molar-refractivity contribution in [2.45, 2.75) is 44.6 Å². The zero-order chi connectivity index (χ0) is 10.7. The van der Waals surface area contributed by atoms with E-state index in [9.17, 15) is 0 Å². The average molecular weight is 288 g/mol. The lowest BCUT2D eigenvalue weighted by atomic mass is 9.83. The molecule has 3 heteroatoms. The molecule has 15 heavy (non-hydrogen) atoms. The minimum Gasteiger partial charge on any atom is -0.327 e. The Labute approximate surface area is 104 Å². The molecular formula is C12H18BrNS. The van der Waals surface area contributed by atoms with Crippen molar-refractivity contribution < 1.29 is 0 Å². The lowest BCUT2D eigenvalue weighted by molar-refractivity contribution is 0.304. The molecule has 0 amide bonds. The van der Waals surface area contributed by atoms with Crippen LogP contribution in [0.3, 0.4) is 0 Å². The van der Waals surface area contributed by atoms with Crippen LogP contribution in [0, 0.1) is 5.92 Å². The van der Waals surface area contributed by atoms with E-state index in [1.807, 2.05) is 11.3 Å². The first kappa shape index (κ1) is 11.6. The first-order chi connectivity index (χ1) is 7.27. The van der Waals surface area contributed by atoms with Gasteiger partial charge in [0, 0.05) is 15.4 Å². The summed E-state index contributed by atoms with van der Waals surface area (Å²) >= 11 is 5.39. The summed E-state index contributed by atoms with van der Waals surface area (Å²) in [7, 11) is 0. The second-order valence-corrected chi connectivity index (χ2v) is 6.31. The highest BCUT2D eigenvalue weighted by Crippen LogP contribution is 2.30. The molecule has 1 aromatic rings. The van der Waals surface area contributed by atoms with E-state index in [4.69, 9.17) is 5.73 Å². The predicted molar refractivity (Wildman–Crippen MR) is 70.3 cm³/mol. The normalized spacial score (nSPS) is 20.4. The molecular weight excluding hydrogens is 270 g/mol. The molecule has 1 heterocycles. The average Bonchev–Trinajstić information content (AvgIpc) is 2.66. The summed E-state index contributed by atoms with van der Waals surface area (Å²) in [5.41, 5.74) is 6.29. The van der Waals surface area contributed by atoms with Crippen molar-refractivity contribution in [3.8, 4) is 0 Å². The van der Waals surface area contributed by atoms with Gasteiger partial charge in [0.1, 0.15) is 0 Å². The molecule has 0 aliphatic heterocycles. The number of hydrogen-bond acceptors (Lipinski definition) is 2. The Bertz CT molecular complexity index is 304. The van der Waals surface area contributed by atoms with E-state index in [0.29, 0.717) is 6.04 Å². The van der Waals surface area contributed by atoms with E-state index >= 15 is 0 Å². The van der Waals surface area contributed by atoms with Gasteiger partial charge in [-0.15, -0.1) is 11.3 Å². The molecule has 1 aliphatic rings. The van der Waals surface area contributed by atoms with Crippen LogP contribution in [-0.4, -0.2) is 6.04 Å². The fourth-order valence-electron chi connectivity index (χ4n) is 2.41. The maximum atomic E-state index is 6.29. The summed E-state index contributed by atoms with van der Waals surface area (Å²) in [5.74, 6) is 0.757. The largest absolute Gasteiger partial charge is 0.327 e. The van der Waals surface area contributed by atoms with E-state index in [-0.39, 0.29) is 0 Å². The van der Waals surface area contributed by atoms with Crippen LogP contribution in [0.4, 0.5) is 0 Å². The minimum atomic E-state index is 0.361. The SMILES string of the molecule is NC(Cc1sccc1Br)C1CCCCC1. The molecule has 84 valence electrons. The molecule has 0 bridgehead atoms. The Morgan fingerprint density at radius 2 is 2.13 bits per heavy atom. The summed E-state index contributed by atoms with van der Waals surface area (Å²) in [4.78, 5) is 1.41. The maximum Gasteiger partial charge on any atom is 0.0314 e. The van der Waals surface area contributed by atoms with Gasteiger partial charge in [-0.3, -0.25) is 0 Å². The third-order valence-electron chi connectivity index (χ3n) is 3.37. The quantitative estimate of drug-likeness (QED) is 0.895. The molecule has 1 fully saturated rings. The van der Waals surface area contributed by atoms with Gasteiger partial charge in [-0.25, -0.2) is 0 Å². The lowest BCUT2D eigenvalue weighted by Crippen LogP contribution is -2.33. The highest BCUT2D eigenvalue weighted by molar-refractivity contribution is 9.10. The fraction of sp³-hybridized carbons (Fsp3) is 0.667. The molecule has 2 rings (SSSR count). The Morgan fingerprint density at radius 3 is 2.73 bits per heavy atom. The summed E-state index contributed by atoms with van der Waals surface area (Å²) in [5, 5.41) is 2.13. The fourth-order valence-corrected chi connectivity index (χ4v) is 4.00. The van der Waals surface area contributed by atoms with Crippen LogP contribution in [0.2, 0.25) is 0 Å². The molecule has 1 nitrogen and oxygen atoms in total. The van der Waals surface area contributed by atoms with Crippen molar-refractivity contribution in [1.29, 1.82) is 0 Å². The van der Waals surface area contributed by atoms with Crippen LogP contribution in [0.15, 0.2) is 15.9 Å². The van der Waals surface area contributed by atoms with Crippen LogP contribution >= 0.6 is 27.3 Å². The zero-order valence-corrected chi connectivity index (χ0v) is 11.3.